The molecule has 1 aromatic heterocycles. The third-order valence-corrected chi connectivity index (χ3v) is 5.37. The van der Waals surface area contributed by atoms with Crippen LogP contribution in [-0.4, -0.2) is 58.9 Å². The number of halogens is 2. The summed E-state index contributed by atoms with van der Waals surface area (Å²) in [5, 5.41) is 11.4. The lowest BCUT2D eigenvalue weighted by Gasteiger charge is -2.33. The zero-order valence-corrected chi connectivity index (χ0v) is 16.9. The number of nitrogens with zero attached hydrogens (tertiary/aromatic N) is 3. The summed E-state index contributed by atoms with van der Waals surface area (Å²) in [4.78, 5) is 27.8. The van der Waals surface area contributed by atoms with E-state index in [1.165, 1.54) is 11.7 Å². The average molecular weight is 426 g/mol. The molecule has 0 bridgehead atoms. The van der Waals surface area contributed by atoms with Crippen molar-refractivity contribution in [2.24, 2.45) is 0 Å². The number of ether oxygens (including phenoxy) is 1. The normalized spacial score (nSPS) is 14.9. The molecular weight excluding hydrogens is 405 g/mol. The van der Waals surface area contributed by atoms with E-state index in [4.69, 9.17) is 27.9 Å². The van der Waals surface area contributed by atoms with Crippen LogP contribution in [0.15, 0.2) is 35.3 Å². The Balaban J connectivity index is 1.70. The van der Waals surface area contributed by atoms with Crippen LogP contribution in [0.2, 0.25) is 10.0 Å². The van der Waals surface area contributed by atoms with E-state index in [2.05, 4.69) is 4.90 Å². The molecule has 1 aromatic carbocycles. The van der Waals surface area contributed by atoms with Crippen molar-refractivity contribution in [2.45, 2.75) is 13.1 Å². The molecule has 0 spiro atoms. The molecule has 7 nitrogen and oxygen atoms in total. The van der Waals surface area contributed by atoms with Gasteiger partial charge in [-0.3, -0.25) is 9.69 Å². The molecule has 1 aliphatic rings. The molecule has 150 valence electrons. The molecule has 1 N–H and O–H groups in total. The molecule has 0 saturated carbocycles. The number of aromatic nitrogens is 1. The number of rotatable bonds is 4. The predicted octanol–water partition coefficient (Wildman–Crippen LogP) is 2.79. The number of pyridine rings is 1. The predicted molar refractivity (Wildman–Crippen MR) is 107 cm³/mol. The van der Waals surface area contributed by atoms with E-state index in [0.717, 1.165) is 0 Å². The van der Waals surface area contributed by atoms with E-state index in [1.54, 1.807) is 35.4 Å². The van der Waals surface area contributed by atoms with Gasteiger partial charge in [-0.25, -0.2) is 4.79 Å². The fourth-order valence-electron chi connectivity index (χ4n) is 3.16. The van der Waals surface area contributed by atoms with E-state index in [0.29, 0.717) is 53.9 Å². The molecule has 2 aromatic rings. The summed E-state index contributed by atoms with van der Waals surface area (Å²) in [6.07, 6.45) is 1.30. The molecule has 0 radical (unpaired) electrons. The number of carbonyl (C=O) groups is 1. The van der Waals surface area contributed by atoms with Crippen LogP contribution < -0.4 is 5.56 Å². The van der Waals surface area contributed by atoms with Crippen LogP contribution in [0.5, 0.6) is 5.75 Å². The van der Waals surface area contributed by atoms with Crippen molar-refractivity contribution in [3.63, 3.8) is 0 Å². The first-order valence-corrected chi connectivity index (χ1v) is 9.55. The monoisotopic (exact) mass is 425 g/mol. The molecule has 0 atom stereocenters. The fourth-order valence-corrected chi connectivity index (χ4v) is 3.53. The Morgan fingerprint density at radius 3 is 2.50 bits per heavy atom. The van der Waals surface area contributed by atoms with Crippen LogP contribution in [0.1, 0.15) is 11.1 Å². The second-order valence-electron chi connectivity index (χ2n) is 6.59. The maximum atomic E-state index is 12.6. The smallest absolute Gasteiger partial charge is 0.409 e. The van der Waals surface area contributed by atoms with Gasteiger partial charge in [0.05, 0.1) is 13.7 Å². The van der Waals surface area contributed by atoms with Crippen LogP contribution in [0.3, 0.4) is 0 Å². The lowest BCUT2D eigenvalue weighted by molar-refractivity contribution is 0.0885. The van der Waals surface area contributed by atoms with Crippen molar-refractivity contribution in [1.82, 2.24) is 14.4 Å². The molecule has 9 heteroatoms. The Kier molecular flexibility index (Phi) is 6.49. The van der Waals surface area contributed by atoms with E-state index < -0.39 is 5.56 Å². The molecular formula is C19H21Cl2N3O4. The number of aromatic hydroxyl groups is 1. The minimum absolute atomic E-state index is 0.212. The number of hydrogen-bond donors (Lipinski definition) is 1. The van der Waals surface area contributed by atoms with Crippen molar-refractivity contribution < 1.29 is 14.6 Å². The molecule has 1 fully saturated rings. The van der Waals surface area contributed by atoms with Crippen molar-refractivity contribution in [1.29, 1.82) is 0 Å². The van der Waals surface area contributed by atoms with E-state index in [1.807, 2.05) is 0 Å². The van der Waals surface area contributed by atoms with Gasteiger partial charge in [-0.1, -0.05) is 23.2 Å². The maximum absolute atomic E-state index is 12.6. The van der Waals surface area contributed by atoms with E-state index in [-0.39, 0.29) is 18.4 Å². The lowest BCUT2D eigenvalue weighted by Crippen LogP contribution is -2.48. The van der Waals surface area contributed by atoms with Gasteiger partial charge >= 0.3 is 6.09 Å². The molecule has 1 saturated heterocycles. The van der Waals surface area contributed by atoms with E-state index in [9.17, 15) is 14.7 Å². The van der Waals surface area contributed by atoms with Crippen molar-refractivity contribution in [3.8, 4) is 5.75 Å². The van der Waals surface area contributed by atoms with Crippen LogP contribution in [0.25, 0.3) is 0 Å². The number of hydrogen-bond acceptors (Lipinski definition) is 5. The number of carbonyl (C=O) groups excluding carboxylic acids is 1. The highest BCUT2D eigenvalue weighted by Gasteiger charge is 2.22. The summed E-state index contributed by atoms with van der Waals surface area (Å²) < 4.78 is 6.12. The fraction of sp³-hybridized carbons (Fsp3) is 0.368. The molecule has 2 heterocycles. The molecule has 1 amide bonds. The largest absolute Gasteiger partial charge is 0.503 e. The first-order chi connectivity index (χ1) is 13.4. The van der Waals surface area contributed by atoms with Gasteiger partial charge in [0.15, 0.2) is 5.75 Å². The number of benzene rings is 1. The first kappa shape index (κ1) is 20.5. The van der Waals surface area contributed by atoms with Crippen molar-refractivity contribution in [3.05, 3.63) is 62.0 Å². The van der Waals surface area contributed by atoms with Crippen molar-refractivity contribution >= 4 is 29.3 Å². The second kappa shape index (κ2) is 8.86. The molecule has 28 heavy (non-hydrogen) atoms. The Bertz CT molecular complexity index is 924. The van der Waals surface area contributed by atoms with Gasteiger partial charge in [0, 0.05) is 54.5 Å². The van der Waals surface area contributed by atoms with Crippen LogP contribution in [0.4, 0.5) is 4.79 Å². The van der Waals surface area contributed by atoms with Gasteiger partial charge < -0.3 is 19.3 Å². The molecule has 0 unspecified atom stereocenters. The summed E-state index contributed by atoms with van der Waals surface area (Å²) in [7, 11) is 1.36. The van der Waals surface area contributed by atoms with Gasteiger partial charge in [0.25, 0.3) is 5.56 Å². The number of piperazine rings is 1. The minimum Gasteiger partial charge on any atom is -0.503 e. The summed E-state index contributed by atoms with van der Waals surface area (Å²) in [6, 6.07) is 6.77. The number of methoxy groups -OCH3 is 1. The Labute approximate surface area is 172 Å². The highest BCUT2D eigenvalue weighted by atomic mass is 35.5. The van der Waals surface area contributed by atoms with E-state index >= 15 is 0 Å². The highest BCUT2D eigenvalue weighted by molar-refractivity contribution is 6.33. The third-order valence-electron chi connectivity index (χ3n) is 4.77. The standard InChI is InChI=1S/C19H21Cl2N3O4/c1-28-19(27)23-8-6-22(7-9-23)11-13-4-5-24(18(26)17(13)25)12-14-10-15(20)2-3-16(14)21/h2-5,10,25H,6-9,11-12H2,1H3. The topological polar surface area (TPSA) is 75.0 Å². The van der Waals surface area contributed by atoms with Crippen LogP contribution in [-0.2, 0) is 17.8 Å². The third kappa shape index (κ3) is 4.60. The molecule has 1 aliphatic heterocycles. The summed E-state index contributed by atoms with van der Waals surface area (Å²) in [6.45, 7) is 2.99. The number of amides is 1. The van der Waals surface area contributed by atoms with Crippen LogP contribution >= 0.6 is 23.2 Å². The Morgan fingerprint density at radius 1 is 1.11 bits per heavy atom. The maximum Gasteiger partial charge on any atom is 0.409 e. The zero-order valence-electron chi connectivity index (χ0n) is 15.4. The Hall–Kier alpha value is -2.22. The molecule has 3 rings (SSSR count). The average Bonchev–Trinajstić information content (AvgIpc) is 2.70. The van der Waals surface area contributed by atoms with Gasteiger partial charge in [0.1, 0.15) is 0 Å². The van der Waals surface area contributed by atoms with Gasteiger partial charge in [-0.2, -0.15) is 0 Å². The zero-order chi connectivity index (χ0) is 20.3. The minimum atomic E-state index is -0.485. The molecule has 0 aliphatic carbocycles. The Morgan fingerprint density at radius 2 is 1.82 bits per heavy atom. The van der Waals surface area contributed by atoms with Crippen molar-refractivity contribution in [2.75, 3.05) is 33.3 Å². The SMILES string of the molecule is COC(=O)N1CCN(Cc2ccn(Cc3cc(Cl)ccc3Cl)c(=O)c2O)CC1. The highest BCUT2D eigenvalue weighted by Crippen LogP contribution is 2.22. The van der Waals surface area contributed by atoms with Gasteiger partial charge in [-0.05, 0) is 29.8 Å². The summed E-state index contributed by atoms with van der Waals surface area (Å²) >= 11 is 12.2. The summed E-state index contributed by atoms with van der Waals surface area (Å²) in [5.74, 6) is -0.281. The van der Waals surface area contributed by atoms with Crippen LogP contribution in [0, 0.1) is 0 Å². The van der Waals surface area contributed by atoms with Gasteiger partial charge in [-0.15, -0.1) is 0 Å². The first-order valence-electron chi connectivity index (χ1n) is 8.79. The quantitative estimate of drug-likeness (QED) is 0.814. The lowest BCUT2D eigenvalue weighted by atomic mass is 10.2. The second-order valence-corrected chi connectivity index (χ2v) is 7.44. The summed E-state index contributed by atoms with van der Waals surface area (Å²) in [5.41, 5.74) is 0.758. The van der Waals surface area contributed by atoms with Gasteiger partial charge in [0.2, 0.25) is 0 Å².